The number of cyclic esters (lactones) is 1. The number of nitrogens with one attached hydrogen (secondary N) is 1. The number of hydrogen-bond donors (Lipinski definition) is 2. The van der Waals surface area contributed by atoms with E-state index in [2.05, 4.69) is 9.97 Å². The van der Waals surface area contributed by atoms with Gasteiger partial charge in [-0.1, -0.05) is 12.1 Å². The van der Waals surface area contributed by atoms with E-state index in [0.29, 0.717) is 26.2 Å². The van der Waals surface area contributed by atoms with E-state index >= 15 is 0 Å². The van der Waals surface area contributed by atoms with Gasteiger partial charge in [-0.2, -0.15) is 0 Å². The van der Waals surface area contributed by atoms with E-state index in [4.69, 9.17) is 19.4 Å². The third-order valence-corrected chi connectivity index (χ3v) is 4.85. The Morgan fingerprint density at radius 1 is 1.48 bits per heavy atom. The van der Waals surface area contributed by atoms with Crippen LogP contribution in [0.5, 0.6) is 5.75 Å². The van der Waals surface area contributed by atoms with Crippen LogP contribution in [-0.4, -0.2) is 76.7 Å². The van der Waals surface area contributed by atoms with E-state index in [-0.39, 0.29) is 24.8 Å². The van der Waals surface area contributed by atoms with Crippen molar-refractivity contribution in [2.24, 2.45) is 0 Å². The zero-order valence-corrected chi connectivity index (χ0v) is 15.9. The average molecular weight is 402 g/mol. The molecule has 0 saturated carbocycles. The summed E-state index contributed by atoms with van der Waals surface area (Å²) in [5.74, 6) is 0.620. The predicted molar refractivity (Wildman–Crippen MR) is 100 cm³/mol. The first-order chi connectivity index (χ1) is 14.1. The van der Waals surface area contributed by atoms with E-state index in [9.17, 15) is 9.59 Å². The van der Waals surface area contributed by atoms with Crippen molar-refractivity contribution in [1.29, 1.82) is 0 Å². The third-order valence-electron chi connectivity index (χ3n) is 4.85. The molecule has 4 rings (SSSR count). The normalized spacial score (nSPS) is 17.7. The fraction of sp³-hybridized carbons (Fsp3) is 0.368. The van der Waals surface area contributed by atoms with Crippen molar-refractivity contribution in [3.63, 3.8) is 0 Å². The lowest BCUT2D eigenvalue weighted by Gasteiger charge is -2.33. The summed E-state index contributed by atoms with van der Waals surface area (Å²) >= 11 is 0. The Bertz CT molecular complexity index is 883. The number of nitrogens with zero attached hydrogens (tertiary/aromatic N) is 3. The van der Waals surface area contributed by atoms with Crippen LogP contribution in [0.2, 0.25) is 0 Å². The van der Waals surface area contributed by atoms with Gasteiger partial charge in [0, 0.05) is 12.5 Å². The average Bonchev–Trinajstić information content (AvgIpc) is 3.36. The van der Waals surface area contributed by atoms with Crippen LogP contribution in [-0.2, 0) is 20.9 Å². The Hall–Kier alpha value is -3.56. The van der Waals surface area contributed by atoms with Gasteiger partial charge in [-0.3, -0.25) is 14.5 Å². The summed E-state index contributed by atoms with van der Waals surface area (Å²) in [6.07, 6.45) is 1.23. The van der Waals surface area contributed by atoms with Crippen molar-refractivity contribution in [2.75, 3.05) is 33.4 Å². The zero-order chi connectivity index (χ0) is 20.8. The van der Waals surface area contributed by atoms with Crippen LogP contribution in [0.25, 0.3) is 0 Å². The van der Waals surface area contributed by atoms with Gasteiger partial charge in [-0.25, -0.2) is 9.78 Å². The van der Waals surface area contributed by atoms with Gasteiger partial charge >= 0.3 is 6.09 Å². The molecule has 1 atom stereocenters. The Morgan fingerprint density at radius 3 is 2.97 bits per heavy atom. The molecule has 2 N–H and O–H groups in total. The molecule has 10 nitrogen and oxygen atoms in total. The zero-order valence-electron chi connectivity index (χ0n) is 15.9. The van der Waals surface area contributed by atoms with Gasteiger partial charge in [0.15, 0.2) is 0 Å². The maximum atomic E-state index is 12.7. The quantitative estimate of drug-likeness (QED) is 0.732. The summed E-state index contributed by atoms with van der Waals surface area (Å²) < 4.78 is 10.2. The van der Waals surface area contributed by atoms with Gasteiger partial charge < -0.3 is 24.5 Å². The first kappa shape index (κ1) is 20.2. The van der Waals surface area contributed by atoms with Crippen molar-refractivity contribution in [2.45, 2.75) is 12.5 Å². The van der Waals surface area contributed by atoms with E-state index in [1.54, 1.807) is 18.3 Å². The number of hydrogen-bond acceptors (Lipinski definition) is 6. The monoisotopic (exact) mass is 402 g/mol. The molecule has 2 aliphatic heterocycles. The fourth-order valence-corrected chi connectivity index (χ4v) is 3.46. The number of aromatic amines is 1. The van der Waals surface area contributed by atoms with Crippen LogP contribution in [0.4, 0.5) is 4.79 Å². The first-order valence-electron chi connectivity index (χ1n) is 9.00. The Balaban J connectivity index is 0.000000755. The van der Waals surface area contributed by atoms with E-state index < -0.39 is 6.09 Å². The number of carbonyl (C=O) groups excluding carboxylic acids is 2. The minimum Gasteiger partial charge on any atom is -0.497 e. The molecule has 29 heavy (non-hydrogen) atoms. The summed E-state index contributed by atoms with van der Waals surface area (Å²) in [5.41, 5.74) is 2.90. The Labute approximate surface area is 167 Å². The van der Waals surface area contributed by atoms with Crippen LogP contribution in [0, 0.1) is 0 Å². The molecule has 3 heterocycles. The Morgan fingerprint density at radius 2 is 2.28 bits per heavy atom. The molecular formula is C19H22N4O6. The number of ether oxygens (including phenoxy) is 2. The van der Waals surface area contributed by atoms with Crippen molar-refractivity contribution in [3.05, 3.63) is 47.5 Å². The molecule has 1 unspecified atom stereocenters. The maximum absolute atomic E-state index is 12.7. The van der Waals surface area contributed by atoms with Crippen molar-refractivity contribution in [1.82, 2.24) is 19.8 Å². The molecule has 10 heteroatoms. The number of methoxy groups -OCH3 is 1. The summed E-state index contributed by atoms with van der Waals surface area (Å²) in [4.78, 5) is 43.5. The van der Waals surface area contributed by atoms with Crippen LogP contribution in [0.1, 0.15) is 22.9 Å². The lowest BCUT2D eigenvalue weighted by atomic mass is 9.90. The highest BCUT2D eigenvalue weighted by Crippen LogP contribution is 2.33. The molecule has 0 spiro atoms. The lowest BCUT2D eigenvalue weighted by molar-refractivity contribution is -0.133. The minimum atomic E-state index is -0.429. The molecule has 0 radical (unpaired) electrons. The van der Waals surface area contributed by atoms with E-state index in [1.165, 1.54) is 4.90 Å². The number of fused-ring (bicyclic) bond motifs is 1. The summed E-state index contributed by atoms with van der Waals surface area (Å²) in [5, 5.41) is 6.89. The summed E-state index contributed by atoms with van der Waals surface area (Å²) in [6.45, 7) is 1.54. The predicted octanol–water partition coefficient (Wildman–Crippen LogP) is 1.05. The molecule has 2 aliphatic rings. The second kappa shape index (κ2) is 9.09. The van der Waals surface area contributed by atoms with Gasteiger partial charge in [-0.05, 0) is 17.7 Å². The van der Waals surface area contributed by atoms with Gasteiger partial charge in [0.2, 0.25) is 5.91 Å². The summed E-state index contributed by atoms with van der Waals surface area (Å²) in [7, 11) is 1.63. The molecule has 0 bridgehead atoms. The number of rotatable bonds is 4. The topological polar surface area (TPSA) is 125 Å². The van der Waals surface area contributed by atoms with Crippen LogP contribution >= 0.6 is 0 Å². The highest BCUT2D eigenvalue weighted by atomic mass is 16.6. The first-order valence-corrected chi connectivity index (χ1v) is 9.00. The van der Waals surface area contributed by atoms with Crippen LogP contribution in [0.3, 0.4) is 0 Å². The van der Waals surface area contributed by atoms with E-state index in [0.717, 1.165) is 22.7 Å². The smallest absolute Gasteiger partial charge is 0.410 e. The second-order valence-electron chi connectivity index (χ2n) is 6.51. The molecule has 1 aromatic carbocycles. The number of carboxylic acid groups (broad SMARTS) is 1. The maximum Gasteiger partial charge on any atom is 0.410 e. The number of benzene rings is 1. The highest BCUT2D eigenvalue weighted by molar-refractivity contribution is 5.83. The largest absolute Gasteiger partial charge is 0.497 e. The number of H-pyrrole nitrogens is 1. The van der Waals surface area contributed by atoms with Gasteiger partial charge in [0.25, 0.3) is 6.47 Å². The molecule has 2 amide bonds. The van der Waals surface area contributed by atoms with Crippen LogP contribution in [0.15, 0.2) is 30.6 Å². The third kappa shape index (κ3) is 4.48. The molecule has 154 valence electrons. The van der Waals surface area contributed by atoms with Crippen LogP contribution < -0.4 is 4.74 Å². The molecule has 2 aromatic rings. The highest BCUT2D eigenvalue weighted by Gasteiger charge is 2.33. The molecule has 1 fully saturated rings. The number of carbonyl (C=O) groups is 3. The standard InChI is InChI=1S/C18H20N4O4.CH2O2/c1-25-13-4-2-3-12(7-13)14-8-22(9-15-17(14)20-11-19-15)16(23)10-21-5-6-26-18(21)24;2-1-3/h2-4,7,11,14H,5-6,8-10H2,1H3,(H,19,20);1H,(H,2,3). The number of imidazole rings is 1. The van der Waals surface area contributed by atoms with Gasteiger partial charge in [0.05, 0.1) is 37.9 Å². The Kier molecular flexibility index (Phi) is 6.32. The van der Waals surface area contributed by atoms with Crippen molar-refractivity contribution < 1.29 is 29.0 Å². The van der Waals surface area contributed by atoms with Gasteiger partial charge in [0.1, 0.15) is 18.9 Å². The van der Waals surface area contributed by atoms with Crippen molar-refractivity contribution in [3.8, 4) is 5.75 Å². The molecule has 1 saturated heterocycles. The minimum absolute atomic E-state index is 0.0349. The van der Waals surface area contributed by atoms with Crippen molar-refractivity contribution >= 4 is 18.5 Å². The summed E-state index contributed by atoms with van der Waals surface area (Å²) in [6, 6.07) is 7.80. The SMILES string of the molecule is COc1cccc(C2CN(C(=O)CN3CCOC3=O)Cc3[nH]cnc32)c1.O=CO. The fourth-order valence-electron chi connectivity index (χ4n) is 3.46. The lowest BCUT2D eigenvalue weighted by Crippen LogP contribution is -2.44. The molecule has 1 aromatic heterocycles. The molecule has 0 aliphatic carbocycles. The van der Waals surface area contributed by atoms with Gasteiger partial charge in [-0.15, -0.1) is 0 Å². The van der Waals surface area contributed by atoms with E-state index in [1.807, 2.05) is 24.3 Å². The molecular weight excluding hydrogens is 380 g/mol. The number of aromatic nitrogens is 2. The second-order valence-corrected chi connectivity index (χ2v) is 6.51. The number of amides is 2.